The number of hydrogen-bond acceptors (Lipinski definition) is 9. The van der Waals surface area contributed by atoms with E-state index in [4.69, 9.17) is 28.1 Å². The molecule has 0 aliphatic carbocycles. The lowest BCUT2D eigenvalue weighted by Gasteiger charge is -2.26. The van der Waals surface area contributed by atoms with Crippen molar-refractivity contribution >= 4 is 16.9 Å². The molecule has 2 heterocycles. The third-order valence-electron chi connectivity index (χ3n) is 6.83. The molecule has 1 atom stereocenters. The highest BCUT2D eigenvalue weighted by molar-refractivity contribution is 5.94. The maximum atomic E-state index is 13.7. The van der Waals surface area contributed by atoms with Gasteiger partial charge in [-0.05, 0) is 41.3 Å². The number of carbonyl (C=O) groups is 1. The molecule has 1 aliphatic heterocycles. The summed E-state index contributed by atoms with van der Waals surface area (Å²) in [5.41, 5.74) is 1.67. The Morgan fingerprint density at radius 3 is 2.33 bits per heavy atom. The van der Waals surface area contributed by atoms with E-state index < -0.39 is 17.3 Å². The molecule has 0 saturated carbocycles. The molecule has 40 heavy (non-hydrogen) atoms. The van der Waals surface area contributed by atoms with E-state index in [-0.39, 0.29) is 34.5 Å². The second kappa shape index (κ2) is 10.8. The molecule has 0 bridgehead atoms. The third kappa shape index (κ3) is 4.79. The Bertz CT molecular complexity index is 1650. The van der Waals surface area contributed by atoms with E-state index in [1.165, 1.54) is 26.5 Å². The van der Waals surface area contributed by atoms with E-state index in [1.807, 2.05) is 6.07 Å². The molecule has 208 valence electrons. The van der Waals surface area contributed by atoms with Gasteiger partial charge in [0.05, 0.1) is 39.9 Å². The van der Waals surface area contributed by atoms with Gasteiger partial charge < -0.3 is 33.2 Å². The Balaban J connectivity index is 1.66. The van der Waals surface area contributed by atoms with Crippen molar-refractivity contribution in [1.82, 2.24) is 0 Å². The zero-order valence-corrected chi connectivity index (χ0v) is 22.9. The molecule has 1 N–H and O–H groups in total. The van der Waals surface area contributed by atoms with E-state index in [0.29, 0.717) is 46.6 Å². The van der Waals surface area contributed by atoms with Crippen molar-refractivity contribution in [3.63, 3.8) is 0 Å². The number of fused-ring (bicyclic) bond motifs is 3. The van der Waals surface area contributed by atoms with Gasteiger partial charge in [-0.15, -0.1) is 0 Å². The zero-order chi connectivity index (χ0) is 28.6. The Labute approximate surface area is 230 Å². The Morgan fingerprint density at radius 2 is 1.62 bits per heavy atom. The van der Waals surface area contributed by atoms with E-state index >= 15 is 0 Å². The largest absolute Gasteiger partial charge is 0.507 e. The normalized spacial score (nSPS) is 14.6. The highest BCUT2D eigenvalue weighted by Gasteiger charge is 2.34. The van der Waals surface area contributed by atoms with Gasteiger partial charge in [-0.1, -0.05) is 26.0 Å². The summed E-state index contributed by atoms with van der Waals surface area (Å²) in [5, 5.41) is 10.9. The summed E-state index contributed by atoms with van der Waals surface area (Å²) in [6.07, 6.45) is 1.34. The van der Waals surface area contributed by atoms with Crippen LogP contribution in [0.5, 0.6) is 34.5 Å². The van der Waals surface area contributed by atoms with Gasteiger partial charge >= 0.3 is 5.97 Å². The maximum absolute atomic E-state index is 13.7. The average molecular weight is 547 g/mol. The molecule has 0 saturated heterocycles. The summed E-state index contributed by atoms with van der Waals surface area (Å²) in [6.45, 7) is 4.62. The van der Waals surface area contributed by atoms with Crippen LogP contribution in [0.4, 0.5) is 0 Å². The number of aromatic hydroxyl groups is 1. The minimum Gasteiger partial charge on any atom is -0.507 e. The van der Waals surface area contributed by atoms with Crippen molar-refractivity contribution < 1.29 is 38.0 Å². The first-order chi connectivity index (χ1) is 19.2. The van der Waals surface area contributed by atoms with Crippen molar-refractivity contribution in [3.05, 3.63) is 70.1 Å². The third-order valence-corrected chi connectivity index (χ3v) is 6.83. The van der Waals surface area contributed by atoms with Crippen molar-refractivity contribution in [2.45, 2.75) is 26.2 Å². The van der Waals surface area contributed by atoms with E-state index in [0.717, 1.165) is 5.56 Å². The van der Waals surface area contributed by atoms with Crippen LogP contribution in [0.25, 0.3) is 22.1 Å². The molecule has 5 rings (SSSR count). The van der Waals surface area contributed by atoms with Crippen molar-refractivity contribution in [3.8, 4) is 45.6 Å². The van der Waals surface area contributed by atoms with Gasteiger partial charge in [0.1, 0.15) is 28.7 Å². The molecule has 1 aliphatic rings. The maximum Gasteiger partial charge on any atom is 0.312 e. The number of phenolic OH excluding ortho intramolecular Hbond substituents is 1. The van der Waals surface area contributed by atoms with Gasteiger partial charge in [-0.25, -0.2) is 0 Å². The van der Waals surface area contributed by atoms with E-state index in [9.17, 15) is 14.7 Å². The molecule has 3 aromatic carbocycles. The van der Waals surface area contributed by atoms with Crippen LogP contribution in [-0.2, 0) is 4.79 Å². The monoisotopic (exact) mass is 546 g/mol. The lowest BCUT2D eigenvalue weighted by atomic mass is 9.84. The van der Waals surface area contributed by atoms with Crippen LogP contribution in [-0.4, -0.2) is 39.0 Å². The zero-order valence-electron chi connectivity index (χ0n) is 22.9. The molecule has 0 fully saturated rings. The molecule has 9 nitrogen and oxygen atoms in total. The number of esters is 1. The van der Waals surface area contributed by atoms with Crippen molar-refractivity contribution in [1.29, 1.82) is 0 Å². The fraction of sp³-hybridized carbons (Fsp3) is 0.290. The van der Waals surface area contributed by atoms with Crippen LogP contribution >= 0.6 is 0 Å². The van der Waals surface area contributed by atoms with Crippen molar-refractivity contribution in [2.24, 2.45) is 5.92 Å². The lowest BCUT2D eigenvalue weighted by Crippen LogP contribution is -2.22. The van der Waals surface area contributed by atoms with Crippen LogP contribution in [0.1, 0.15) is 37.3 Å². The van der Waals surface area contributed by atoms with Crippen LogP contribution in [0.3, 0.4) is 0 Å². The Morgan fingerprint density at radius 1 is 0.925 bits per heavy atom. The summed E-state index contributed by atoms with van der Waals surface area (Å²) in [6, 6.07) is 11.8. The quantitative estimate of drug-likeness (QED) is 0.221. The molecular formula is C31H30O9. The molecule has 0 spiro atoms. The number of phenols is 1. The van der Waals surface area contributed by atoms with Crippen LogP contribution < -0.4 is 29.1 Å². The van der Waals surface area contributed by atoms with Gasteiger partial charge in [0.15, 0.2) is 23.0 Å². The van der Waals surface area contributed by atoms with Gasteiger partial charge in [0, 0.05) is 17.5 Å². The molecule has 0 amide bonds. The summed E-state index contributed by atoms with van der Waals surface area (Å²) in [7, 11) is 4.57. The van der Waals surface area contributed by atoms with Gasteiger partial charge in [-0.3, -0.25) is 9.59 Å². The first-order valence-electron chi connectivity index (χ1n) is 12.8. The second-order valence-corrected chi connectivity index (χ2v) is 9.91. The van der Waals surface area contributed by atoms with Crippen LogP contribution in [0.15, 0.2) is 57.9 Å². The lowest BCUT2D eigenvalue weighted by molar-refractivity contribution is -0.135. The number of rotatable bonds is 8. The average Bonchev–Trinajstić information content (AvgIpc) is 2.94. The summed E-state index contributed by atoms with van der Waals surface area (Å²) in [5.74, 6) is 1.15. The van der Waals surface area contributed by atoms with E-state index in [1.54, 1.807) is 37.4 Å². The summed E-state index contributed by atoms with van der Waals surface area (Å²) >= 11 is 0. The second-order valence-electron chi connectivity index (χ2n) is 9.91. The topological polar surface area (TPSA) is 114 Å². The smallest absolute Gasteiger partial charge is 0.312 e. The highest BCUT2D eigenvalue weighted by Crippen LogP contribution is 2.47. The summed E-state index contributed by atoms with van der Waals surface area (Å²) < 4.78 is 33.7. The fourth-order valence-electron chi connectivity index (χ4n) is 4.90. The number of ether oxygens (including phenoxy) is 5. The predicted octanol–water partition coefficient (Wildman–Crippen LogP) is 5.67. The number of methoxy groups -OCH3 is 3. The standard InChI is InChI=1S/C31H30O9/c1-16(2)14-38-23-9-7-17(10-25(23)37-5)19-12-27(33)40-26-13-21(32)29-30(34)20(15-39-31(29)28(19)26)18-6-8-22(35-3)24(11-18)36-4/h6-11,13,15-16,19,32H,12,14H2,1-5H3. The Kier molecular flexibility index (Phi) is 7.30. The molecule has 1 unspecified atom stereocenters. The predicted molar refractivity (Wildman–Crippen MR) is 148 cm³/mol. The number of hydrogen-bond donors (Lipinski definition) is 1. The number of carbonyl (C=O) groups excluding carboxylic acids is 1. The molecule has 9 heteroatoms. The first kappa shape index (κ1) is 26.9. The van der Waals surface area contributed by atoms with E-state index in [2.05, 4.69) is 13.8 Å². The van der Waals surface area contributed by atoms with Crippen LogP contribution in [0.2, 0.25) is 0 Å². The van der Waals surface area contributed by atoms with Gasteiger partial charge in [0.25, 0.3) is 0 Å². The molecule has 4 aromatic rings. The minimum absolute atomic E-state index is 0.00334. The Hall–Kier alpha value is -4.66. The first-order valence-corrected chi connectivity index (χ1v) is 12.8. The molecule has 0 radical (unpaired) electrons. The SMILES string of the molecule is COc1ccc(-c2coc3c4c(cc(O)c3c2=O)OC(=O)CC4c2ccc(OCC(C)C)c(OC)c2)cc1OC. The van der Waals surface area contributed by atoms with Gasteiger partial charge in [-0.2, -0.15) is 0 Å². The minimum atomic E-state index is -0.525. The molecular weight excluding hydrogens is 516 g/mol. The van der Waals surface area contributed by atoms with Crippen molar-refractivity contribution in [2.75, 3.05) is 27.9 Å². The van der Waals surface area contributed by atoms with Gasteiger partial charge in [0.2, 0.25) is 5.43 Å². The molecule has 1 aromatic heterocycles. The fourth-order valence-corrected chi connectivity index (χ4v) is 4.90. The number of benzene rings is 3. The van der Waals surface area contributed by atoms with Crippen LogP contribution in [0, 0.1) is 5.92 Å². The highest BCUT2D eigenvalue weighted by atomic mass is 16.5. The summed E-state index contributed by atoms with van der Waals surface area (Å²) in [4.78, 5) is 26.3.